The number of nitrogens with zero attached hydrogens (tertiary/aromatic N) is 4. The summed E-state index contributed by atoms with van der Waals surface area (Å²) >= 11 is 0. The van der Waals surface area contributed by atoms with Crippen molar-refractivity contribution in [2.24, 2.45) is 0 Å². The van der Waals surface area contributed by atoms with Crippen LogP contribution in [0.5, 0.6) is 11.5 Å². The summed E-state index contributed by atoms with van der Waals surface area (Å²) in [4.78, 5) is 9.99. The summed E-state index contributed by atoms with van der Waals surface area (Å²) in [5, 5.41) is 4.14. The molecule has 506 valence electrons. The molecule has 0 fully saturated rings. The average molecular weight is 1480 g/mol. The molecule has 0 spiro atoms. The number of fused-ring (bicyclic) bond motifs is 8. The van der Waals surface area contributed by atoms with Crippen molar-refractivity contribution in [3.63, 3.8) is 0 Å². The topological polar surface area (TPSA) is 46.7 Å². The van der Waals surface area contributed by atoms with Crippen molar-refractivity contribution >= 4 is 66.5 Å². The fourth-order valence-electron chi connectivity index (χ4n) is 15.1. The van der Waals surface area contributed by atoms with Gasteiger partial charge >= 0.3 is 0 Å². The summed E-state index contributed by atoms with van der Waals surface area (Å²) in [6.45, 7) is 45.9. The van der Waals surface area contributed by atoms with E-state index < -0.39 is 0 Å². The second-order valence-electron chi connectivity index (χ2n) is 31.8. The number of hydrogen-bond donors (Lipinski definition) is 0. The fourth-order valence-corrected chi connectivity index (χ4v) is 15.1. The minimum Gasteiger partial charge on any atom is -0.509 e. The third kappa shape index (κ3) is 12.4. The number of furan rings is 1. The van der Waals surface area contributed by atoms with Gasteiger partial charge in [-0.3, -0.25) is 0 Å². The molecule has 0 amide bonds. The van der Waals surface area contributed by atoms with Gasteiger partial charge in [-0.25, -0.2) is 4.98 Å². The maximum atomic E-state index is 7.46. The molecule has 14 rings (SSSR count). The minimum absolute atomic E-state index is 0. The Morgan fingerprint density at radius 2 is 0.980 bits per heavy atom. The Kier molecular flexibility index (Phi) is 18.0. The molecule has 7 heteroatoms. The van der Waals surface area contributed by atoms with Crippen LogP contribution in [0.4, 0.5) is 22.7 Å². The first-order valence-electron chi connectivity index (χ1n) is 35.4. The smallest absolute Gasteiger partial charge is 0.135 e. The Bertz CT molecular complexity index is 5120. The van der Waals surface area contributed by atoms with Crippen LogP contribution in [0.3, 0.4) is 0 Å². The number of para-hydroxylation sites is 1. The molecule has 10 aromatic carbocycles. The van der Waals surface area contributed by atoms with Crippen molar-refractivity contribution in [1.82, 2.24) is 9.55 Å². The van der Waals surface area contributed by atoms with Gasteiger partial charge in [-0.05, 0) is 180 Å². The Morgan fingerprint density at radius 3 is 1.54 bits per heavy atom. The van der Waals surface area contributed by atoms with Crippen LogP contribution in [-0.2, 0) is 37.3 Å². The Hall–Kier alpha value is -8.96. The third-order valence-electron chi connectivity index (χ3n) is 20.4. The van der Waals surface area contributed by atoms with E-state index in [2.05, 4.69) is 341 Å². The van der Waals surface area contributed by atoms with Crippen molar-refractivity contribution in [1.29, 1.82) is 0 Å². The van der Waals surface area contributed by atoms with Crippen molar-refractivity contribution in [2.75, 3.05) is 9.80 Å². The van der Waals surface area contributed by atoms with E-state index >= 15 is 0 Å². The molecule has 0 saturated carbocycles. The largest absolute Gasteiger partial charge is 0.509 e. The van der Waals surface area contributed by atoms with Crippen LogP contribution >= 0.6 is 0 Å². The molecule has 0 unspecified atom stereocenters. The molecule has 4 heterocycles. The van der Waals surface area contributed by atoms with Crippen LogP contribution in [0, 0.1) is 32.6 Å². The molecule has 0 aliphatic carbocycles. The average Bonchev–Trinajstić information content (AvgIpc) is 1.59. The van der Waals surface area contributed by atoms with Crippen LogP contribution in [0.1, 0.15) is 191 Å². The molecule has 1 aliphatic heterocycles. The summed E-state index contributed by atoms with van der Waals surface area (Å²) in [6, 6.07) is 75.7. The number of aromatic nitrogens is 2. The van der Waals surface area contributed by atoms with Gasteiger partial charge in [0, 0.05) is 83.2 Å². The van der Waals surface area contributed by atoms with E-state index in [1.807, 2.05) is 12.3 Å². The molecule has 0 bridgehead atoms. The van der Waals surface area contributed by atoms with E-state index in [9.17, 15) is 0 Å². The van der Waals surface area contributed by atoms with E-state index in [-0.39, 0.29) is 49.1 Å². The number of ether oxygens (including phenoxy) is 1. The van der Waals surface area contributed by atoms with Gasteiger partial charge in [0.15, 0.2) is 0 Å². The van der Waals surface area contributed by atoms with Gasteiger partial charge in [-0.15, -0.1) is 48.3 Å². The zero-order valence-corrected chi connectivity index (χ0v) is 63.5. The molecule has 0 saturated heterocycles. The molecule has 0 N–H and O–H groups in total. The second kappa shape index (κ2) is 26.0. The standard InChI is InChI=1S/C92H93N4O2.Pt/c1-54(2)70-25-22-26-71(55(3)4)85(70)62-34-42-77-80(49-62)94(53-95(77)88-83(60-30-35-64(36-31-60)90(11,12)13)58(9)46-59(10)84(88)61-32-37-65(38-33-61)91(14,15)16)67-47-63(86-72(56(5)6)27-23-28-73(86)57(7)8)48-69(51-67)97-68-39-40-76-79(52-68)96(82-50-66(44-45-93-82)92(17,18)19)78-43-41-75-74-24-20-21-29-81(74)98-89(75)87(76)78;/h20-50,53-57H,1-19H3;/q-3;. The van der Waals surface area contributed by atoms with Crippen molar-refractivity contribution in [3.8, 4) is 61.8 Å². The van der Waals surface area contributed by atoms with Crippen LogP contribution < -0.4 is 14.5 Å². The Balaban J connectivity index is 0.00000880. The normalized spacial score (nSPS) is 13.0. The van der Waals surface area contributed by atoms with Gasteiger partial charge < -0.3 is 23.5 Å². The second-order valence-corrected chi connectivity index (χ2v) is 31.8. The number of aryl methyl sites for hydroxylation is 2. The molecule has 0 radical (unpaired) electrons. The number of anilines is 4. The molecule has 1 aliphatic rings. The first kappa shape index (κ1) is 68.6. The van der Waals surface area contributed by atoms with Crippen LogP contribution in [0.15, 0.2) is 193 Å². The fraction of sp³-hybridized carbons (Fsp3) is 0.283. The summed E-state index contributed by atoms with van der Waals surface area (Å²) < 4.78 is 16.5. The van der Waals surface area contributed by atoms with Gasteiger partial charge in [0.1, 0.15) is 17.0 Å². The zero-order valence-electron chi connectivity index (χ0n) is 61.2. The van der Waals surface area contributed by atoms with E-state index in [0.29, 0.717) is 23.3 Å². The summed E-state index contributed by atoms with van der Waals surface area (Å²) in [6.07, 6.45) is 1.93. The SMILES string of the molecule is Cc1cc(C)c(-c2ccc(C(C)(C)C)cc2)c(N2[CH-]N(c3[c-]c(Oc4[c-]c5c(cc4)c4c6oc7ccccc7c6ccc4n5-c4cc(C(C)(C)C)ccn4)cc(-c4c(C(C)C)cccc4C(C)C)c3)c3cc(-c4c(C(C)C)cccc4C(C)C)ccc32)c1-c1ccc(C(C)(C)C)cc1.[Pt]. The van der Waals surface area contributed by atoms with Gasteiger partial charge in [-0.1, -0.05) is 244 Å². The van der Waals surface area contributed by atoms with Crippen LogP contribution in [0.2, 0.25) is 0 Å². The molecule has 13 aromatic rings. The van der Waals surface area contributed by atoms with Crippen molar-refractivity contribution < 1.29 is 30.2 Å². The molecule has 6 nitrogen and oxygen atoms in total. The molecule has 3 aromatic heterocycles. The first-order valence-corrected chi connectivity index (χ1v) is 35.4. The summed E-state index contributed by atoms with van der Waals surface area (Å²) in [7, 11) is 0. The van der Waals surface area contributed by atoms with E-state index in [1.165, 1.54) is 89.0 Å². The number of rotatable bonds is 13. The molecular formula is C92H93N4O2Pt-3. The van der Waals surface area contributed by atoms with Gasteiger partial charge in [0.2, 0.25) is 0 Å². The predicted octanol–water partition coefficient (Wildman–Crippen LogP) is 26.5. The molecular weight excluding hydrogens is 1390 g/mol. The maximum Gasteiger partial charge on any atom is 0.135 e. The van der Waals surface area contributed by atoms with Crippen molar-refractivity contribution in [3.05, 3.63) is 257 Å². The van der Waals surface area contributed by atoms with Crippen molar-refractivity contribution in [2.45, 2.75) is 171 Å². The molecule has 0 atom stereocenters. The monoisotopic (exact) mass is 1480 g/mol. The van der Waals surface area contributed by atoms with Crippen LogP contribution in [0.25, 0.3) is 94.1 Å². The number of pyridine rings is 1. The van der Waals surface area contributed by atoms with Gasteiger partial charge in [0.05, 0.1) is 0 Å². The van der Waals surface area contributed by atoms with E-state index in [0.717, 1.165) is 77.9 Å². The zero-order chi connectivity index (χ0) is 69.2. The third-order valence-corrected chi connectivity index (χ3v) is 20.4. The van der Waals surface area contributed by atoms with E-state index in [1.54, 1.807) is 0 Å². The summed E-state index contributed by atoms with van der Waals surface area (Å²) in [5.74, 6) is 2.96. The van der Waals surface area contributed by atoms with Gasteiger partial charge in [-0.2, -0.15) is 6.07 Å². The maximum absolute atomic E-state index is 7.46. The minimum atomic E-state index is -0.121. The predicted molar refractivity (Wildman–Crippen MR) is 415 cm³/mol. The molecule has 99 heavy (non-hydrogen) atoms. The van der Waals surface area contributed by atoms with Gasteiger partial charge in [0.25, 0.3) is 0 Å². The Labute approximate surface area is 602 Å². The first-order chi connectivity index (χ1) is 46.6. The number of hydrogen-bond acceptors (Lipinski definition) is 5. The quantitative estimate of drug-likeness (QED) is 0.108. The summed E-state index contributed by atoms with van der Waals surface area (Å²) in [5.41, 5.74) is 28.2. The van der Waals surface area contributed by atoms with E-state index in [4.69, 9.17) is 14.1 Å². The number of benzene rings is 10. The Morgan fingerprint density at radius 1 is 0.444 bits per heavy atom. The van der Waals surface area contributed by atoms with Crippen LogP contribution in [-0.4, -0.2) is 9.55 Å².